The van der Waals surface area contributed by atoms with Gasteiger partial charge in [-0.1, -0.05) is 6.92 Å². The normalized spacial score (nSPS) is 20.1. The molecule has 0 aromatic rings. The Labute approximate surface area is 107 Å². The largest absolute Gasteiger partial charge is 0.314 e. The Bertz CT molecular complexity index is 224. The van der Waals surface area contributed by atoms with Crippen LogP contribution in [-0.2, 0) is 0 Å². The van der Waals surface area contributed by atoms with Crippen LogP contribution in [0.15, 0.2) is 0 Å². The predicted octanol–water partition coefficient (Wildman–Crippen LogP) is 2.50. The maximum atomic E-state index is 5.24. The highest BCUT2D eigenvalue weighted by molar-refractivity contribution is 4.83. The third-order valence-corrected chi connectivity index (χ3v) is 4.00. The Morgan fingerprint density at radius 3 is 2.65 bits per heavy atom. The topological polar surface area (TPSA) is 15.3 Å². The molecular formula is C15H28N2. The second kappa shape index (κ2) is 8.55. The number of piperidine rings is 1. The van der Waals surface area contributed by atoms with Crippen LogP contribution in [0.25, 0.3) is 0 Å². The summed E-state index contributed by atoms with van der Waals surface area (Å²) in [5, 5.41) is 3.66. The minimum Gasteiger partial charge on any atom is -0.314 e. The molecule has 1 aliphatic heterocycles. The lowest BCUT2D eigenvalue weighted by Gasteiger charge is -2.34. The highest BCUT2D eigenvalue weighted by Gasteiger charge is 2.22. The van der Waals surface area contributed by atoms with Crippen LogP contribution in [0.1, 0.15) is 46.0 Å². The first-order valence-corrected chi connectivity index (χ1v) is 7.17. The van der Waals surface area contributed by atoms with E-state index in [9.17, 15) is 0 Å². The van der Waals surface area contributed by atoms with Gasteiger partial charge >= 0.3 is 0 Å². The van der Waals surface area contributed by atoms with E-state index in [0.29, 0.717) is 6.04 Å². The van der Waals surface area contributed by atoms with E-state index in [2.05, 4.69) is 30.0 Å². The molecule has 2 nitrogen and oxygen atoms in total. The van der Waals surface area contributed by atoms with Crippen molar-refractivity contribution in [1.29, 1.82) is 0 Å². The molecular weight excluding hydrogens is 208 g/mol. The number of terminal acetylenes is 1. The zero-order chi connectivity index (χ0) is 12.5. The van der Waals surface area contributed by atoms with Crippen molar-refractivity contribution in [2.45, 2.75) is 52.0 Å². The summed E-state index contributed by atoms with van der Waals surface area (Å²) in [6.45, 7) is 9.49. The van der Waals surface area contributed by atoms with Crippen LogP contribution < -0.4 is 5.32 Å². The maximum Gasteiger partial charge on any atom is 0.00865 e. The molecule has 0 bridgehead atoms. The van der Waals surface area contributed by atoms with Crippen molar-refractivity contribution in [3.63, 3.8) is 0 Å². The van der Waals surface area contributed by atoms with Gasteiger partial charge in [-0.2, -0.15) is 0 Å². The summed E-state index contributed by atoms with van der Waals surface area (Å²) >= 11 is 0. The zero-order valence-corrected chi connectivity index (χ0v) is 11.5. The van der Waals surface area contributed by atoms with Crippen molar-refractivity contribution < 1.29 is 0 Å². The molecule has 1 rings (SSSR count). The fourth-order valence-electron chi connectivity index (χ4n) is 2.62. The summed E-state index contributed by atoms with van der Waals surface area (Å²) in [5.74, 6) is 3.56. The number of rotatable bonds is 7. The number of nitrogens with zero attached hydrogens (tertiary/aromatic N) is 1. The van der Waals surface area contributed by atoms with E-state index in [4.69, 9.17) is 6.42 Å². The molecule has 1 N–H and O–H groups in total. The molecule has 0 aromatic carbocycles. The van der Waals surface area contributed by atoms with Crippen LogP contribution in [0, 0.1) is 18.3 Å². The van der Waals surface area contributed by atoms with Crippen molar-refractivity contribution in [3.05, 3.63) is 0 Å². The fourth-order valence-corrected chi connectivity index (χ4v) is 2.62. The third-order valence-electron chi connectivity index (χ3n) is 4.00. The Morgan fingerprint density at radius 2 is 2.06 bits per heavy atom. The molecule has 2 heteroatoms. The van der Waals surface area contributed by atoms with Gasteiger partial charge in [-0.3, -0.25) is 0 Å². The van der Waals surface area contributed by atoms with E-state index < -0.39 is 0 Å². The first kappa shape index (κ1) is 14.5. The van der Waals surface area contributed by atoms with E-state index in [1.165, 1.54) is 38.9 Å². The Balaban J connectivity index is 2.08. The molecule has 0 radical (unpaired) electrons. The van der Waals surface area contributed by atoms with Crippen LogP contribution in [-0.4, -0.2) is 37.1 Å². The van der Waals surface area contributed by atoms with Gasteiger partial charge in [0, 0.05) is 12.5 Å². The number of nitrogens with one attached hydrogen (secondary N) is 1. The van der Waals surface area contributed by atoms with E-state index in [1.807, 2.05) is 0 Å². The lowest BCUT2D eigenvalue weighted by molar-refractivity contribution is 0.169. The number of hydrogen-bond acceptors (Lipinski definition) is 2. The second-order valence-corrected chi connectivity index (χ2v) is 5.18. The molecule has 0 amide bonds. The highest BCUT2D eigenvalue weighted by Crippen LogP contribution is 2.20. The van der Waals surface area contributed by atoms with Crippen LogP contribution >= 0.6 is 0 Å². The lowest BCUT2D eigenvalue weighted by atomic mass is 9.90. The maximum absolute atomic E-state index is 5.24. The Morgan fingerprint density at radius 1 is 1.35 bits per heavy atom. The molecule has 98 valence electrons. The van der Waals surface area contributed by atoms with Crippen LogP contribution in [0.5, 0.6) is 0 Å². The van der Waals surface area contributed by atoms with Crippen molar-refractivity contribution >= 4 is 0 Å². The quantitative estimate of drug-likeness (QED) is 0.540. The van der Waals surface area contributed by atoms with E-state index in [1.54, 1.807) is 0 Å². The van der Waals surface area contributed by atoms with Gasteiger partial charge in [0.15, 0.2) is 0 Å². The molecule has 1 atom stereocenters. The van der Waals surface area contributed by atoms with Crippen molar-refractivity contribution in [3.8, 4) is 12.3 Å². The van der Waals surface area contributed by atoms with Gasteiger partial charge in [0.05, 0.1) is 0 Å². The van der Waals surface area contributed by atoms with E-state index in [0.717, 1.165) is 25.3 Å². The molecule has 1 fully saturated rings. The minimum absolute atomic E-state index is 0.667. The summed E-state index contributed by atoms with van der Waals surface area (Å²) in [6, 6.07) is 0.667. The van der Waals surface area contributed by atoms with Gasteiger partial charge in [-0.05, 0) is 64.7 Å². The zero-order valence-electron chi connectivity index (χ0n) is 11.5. The SMILES string of the molecule is C#CCCCCNC(C)C1CCN(CC)CC1. The summed E-state index contributed by atoms with van der Waals surface area (Å²) in [4.78, 5) is 2.55. The van der Waals surface area contributed by atoms with Gasteiger partial charge in [0.2, 0.25) is 0 Å². The van der Waals surface area contributed by atoms with Crippen LogP contribution in [0.4, 0.5) is 0 Å². The second-order valence-electron chi connectivity index (χ2n) is 5.18. The van der Waals surface area contributed by atoms with Gasteiger partial charge in [0.1, 0.15) is 0 Å². The van der Waals surface area contributed by atoms with E-state index >= 15 is 0 Å². The molecule has 17 heavy (non-hydrogen) atoms. The predicted molar refractivity (Wildman–Crippen MR) is 75.0 cm³/mol. The monoisotopic (exact) mass is 236 g/mol. The molecule has 0 spiro atoms. The Hall–Kier alpha value is -0.520. The molecule has 0 aromatic heterocycles. The van der Waals surface area contributed by atoms with Crippen LogP contribution in [0.2, 0.25) is 0 Å². The van der Waals surface area contributed by atoms with Crippen molar-refractivity contribution in [2.24, 2.45) is 5.92 Å². The molecule has 1 unspecified atom stereocenters. The van der Waals surface area contributed by atoms with Gasteiger partial charge < -0.3 is 10.2 Å². The standard InChI is InChI=1S/C15H28N2/c1-4-6-7-8-11-16-14(3)15-9-12-17(5-2)13-10-15/h1,14-16H,5-13H2,2-3H3. The minimum atomic E-state index is 0.667. The first-order valence-electron chi connectivity index (χ1n) is 7.17. The number of likely N-dealkylation sites (tertiary alicyclic amines) is 1. The lowest BCUT2D eigenvalue weighted by Crippen LogP contribution is -2.42. The van der Waals surface area contributed by atoms with E-state index in [-0.39, 0.29) is 0 Å². The number of unbranched alkanes of at least 4 members (excludes halogenated alkanes) is 2. The highest BCUT2D eigenvalue weighted by atomic mass is 15.1. The molecule has 1 saturated heterocycles. The van der Waals surface area contributed by atoms with Crippen molar-refractivity contribution in [2.75, 3.05) is 26.2 Å². The fraction of sp³-hybridized carbons (Fsp3) is 0.867. The Kier molecular flexibility index (Phi) is 7.32. The molecule has 1 aliphatic rings. The third kappa shape index (κ3) is 5.57. The van der Waals surface area contributed by atoms with Crippen LogP contribution in [0.3, 0.4) is 0 Å². The average molecular weight is 236 g/mol. The average Bonchev–Trinajstić information content (AvgIpc) is 2.38. The number of hydrogen-bond donors (Lipinski definition) is 1. The van der Waals surface area contributed by atoms with Gasteiger partial charge in [0.25, 0.3) is 0 Å². The van der Waals surface area contributed by atoms with Crippen molar-refractivity contribution in [1.82, 2.24) is 10.2 Å². The van der Waals surface area contributed by atoms with Gasteiger partial charge in [-0.15, -0.1) is 12.3 Å². The summed E-state index contributed by atoms with van der Waals surface area (Å²) in [7, 11) is 0. The first-order chi connectivity index (χ1) is 8.27. The molecule has 1 heterocycles. The van der Waals surface area contributed by atoms with Gasteiger partial charge in [-0.25, -0.2) is 0 Å². The smallest absolute Gasteiger partial charge is 0.00865 e. The summed E-state index contributed by atoms with van der Waals surface area (Å²) in [5.41, 5.74) is 0. The molecule has 0 saturated carbocycles. The molecule has 0 aliphatic carbocycles. The summed E-state index contributed by atoms with van der Waals surface area (Å²) in [6.07, 6.45) is 11.2. The summed E-state index contributed by atoms with van der Waals surface area (Å²) < 4.78 is 0.